The zero-order chi connectivity index (χ0) is 14.4. The van der Waals surface area contributed by atoms with Crippen molar-refractivity contribution in [3.63, 3.8) is 0 Å². The zero-order valence-corrected chi connectivity index (χ0v) is 10.2. The largest absolute Gasteiger partial charge is 0.481 e. The van der Waals surface area contributed by atoms with Gasteiger partial charge in [-0.25, -0.2) is 9.59 Å². The van der Waals surface area contributed by atoms with Crippen LogP contribution in [0.3, 0.4) is 0 Å². The number of aryl methyl sites for hydroxylation is 1. The summed E-state index contributed by atoms with van der Waals surface area (Å²) in [5, 5.41) is 25.7. The second kappa shape index (κ2) is 6.38. The lowest BCUT2D eigenvalue weighted by Gasteiger charge is -2.13. The molecule has 1 rings (SSSR count). The van der Waals surface area contributed by atoms with Crippen molar-refractivity contribution in [1.29, 1.82) is 0 Å². The summed E-state index contributed by atoms with van der Waals surface area (Å²) < 4.78 is 1.47. The highest BCUT2D eigenvalue weighted by Gasteiger charge is 2.21. The molecule has 1 aromatic heterocycles. The second-order valence-corrected chi connectivity index (χ2v) is 3.80. The van der Waals surface area contributed by atoms with Crippen LogP contribution in [0.25, 0.3) is 0 Å². The average Bonchev–Trinajstić information content (AvgIpc) is 2.69. The number of anilines is 1. The zero-order valence-electron chi connectivity index (χ0n) is 10.2. The van der Waals surface area contributed by atoms with Crippen LogP contribution >= 0.6 is 0 Å². The first kappa shape index (κ1) is 14.5. The number of urea groups is 1. The van der Waals surface area contributed by atoms with E-state index in [0.29, 0.717) is 0 Å². The maximum atomic E-state index is 11.5. The molecule has 1 heterocycles. The Labute approximate surface area is 108 Å². The van der Waals surface area contributed by atoms with Crippen molar-refractivity contribution in [3.8, 4) is 0 Å². The number of hydrogen-bond donors (Lipinski definition) is 4. The molecule has 2 amide bonds. The maximum absolute atomic E-state index is 11.5. The van der Waals surface area contributed by atoms with Crippen LogP contribution < -0.4 is 10.6 Å². The number of carbonyl (C=O) groups is 3. The van der Waals surface area contributed by atoms with Crippen molar-refractivity contribution >= 4 is 23.8 Å². The number of aromatic nitrogens is 2. The van der Waals surface area contributed by atoms with Gasteiger partial charge in [-0.3, -0.25) is 14.8 Å². The molecule has 0 aliphatic rings. The summed E-state index contributed by atoms with van der Waals surface area (Å²) in [4.78, 5) is 32.7. The Morgan fingerprint density at radius 2 is 2.11 bits per heavy atom. The van der Waals surface area contributed by atoms with Crippen LogP contribution in [0.1, 0.15) is 12.8 Å². The Kier molecular flexibility index (Phi) is 4.86. The van der Waals surface area contributed by atoms with E-state index in [1.165, 1.54) is 10.7 Å². The topological polar surface area (TPSA) is 134 Å². The summed E-state index contributed by atoms with van der Waals surface area (Å²) in [5.74, 6) is -2.15. The first-order valence-corrected chi connectivity index (χ1v) is 5.40. The number of aliphatic carboxylic acids is 2. The van der Waals surface area contributed by atoms with Gasteiger partial charge in [-0.05, 0) is 6.42 Å². The highest BCUT2D eigenvalue weighted by molar-refractivity contribution is 5.91. The van der Waals surface area contributed by atoms with Gasteiger partial charge in [-0.2, -0.15) is 5.10 Å². The van der Waals surface area contributed by atoms with Crippen molar-refractivity contribution in [2.24, 2.45) is 7.05 Å². The van der Waals surface area contributed by atoms with Crippen LogP contribution in [0.4, 0.5) is 10.6 Å². The third-order valence-electron chi connectivity index (χ3n) is 2.21. The molecule has 0 spiro atoms. The van der Waals surface area contributed by atoms with Crippen molar-refractivity contribution in [1.82, 2.24) is 15.1 Å². The molecule has 0 aliphatic heterocycles. The molecule has 9 nitrogen and oxygen atoms in total. The molecule has 0 aromatic carbocycles. The molecular formula is C10H14N4O5. The van der Waals surface area contributed by atoms with Crippen LogP contribution in [0.15, 0.2) is 12.3 Å². The number of nitrogens with one attached hydrogen (secondary N) is 2. The molecule has 104 valence electrons. The van der Waals surface area contributed by atoms with Gasteiger partial charge in [-0.1, -0.05) is 0 Å². The van der Waals surface area contributed by atoms with E-state index in [1.54, 1.807) is 13.2 Å². The van der Waals surface area contributed by atoms with Gasteiger partial charge in [-0.15, -0.1) is 0 Å². The van der Waals surface area contributed by atoms with Crippen molar-refractivity contribution in [2.75, 3.05) is 5.32 Å². The molecule has 0 bridgehead atoms. The normalized spacial score (nSPS) is 11.6. The number of carboxylic acids is 2. The molecule has 0 saturated carbocycles. The average molecular weight is 270 g/mol. The molecule has 0 aliphatic carbocycles. The molecule has 9 heteroatoms. The molecule has 4 N–H and O–H groups in total. The lowest BCUT2D eigenvalue weighted by molar-refractivity contribution is -0.140. The highest BCUT2D eigenvalue weighted by atomic mass is 16.4. The van der Waals surface area contributed by atoms with Gasteiger partial charge in [0.1, 0.15) is 6.04 Å². The number of rotatable bonds is 6. The number of nitrogens with zero attached hydrogens (tertiary/aromatic N) is 2. The predicted octanol–water partition coefficient (Wildman–Crippen LogP) is -0.140. The SMILES string of the molecule is Cn1ccc(NC(=O)N[C@@H](CCC(=O)O)C(=O)O)n1. The molecular weight excluding hydrogens is 256 g/mol. The summed E-state index contributed by atoms with van der Waals surface area (Å²) in [5.41, 5.74) is 0. The third-order valence-corrected chi connectivity index (χ3v) is 2.21. The van der Waals surface area contributed by atoms with E-state index in [0.717, 1.165) is 0 Å². The molecule has 0 unspecified atom stereocenters. The van der Waals surface area contributed by atoms with Gasteiger partial charge in [0.15, 0.2) is 5.82 Å². The van der Waals surface area contributed by atoms with Crippen LogP contribution in [0, 0.1) is 0 Å². The fourth-order valence-electron chi connectivity index (χ4n) is 1.32. The Morgan fingerprint density at radius 3 is 2.58 bits per heavy atom. The van der Waals surface area contributed by atoms with E-state index < -0.39 is 24.0 Å². The Morgan fingerprint density at radius 1 is 1.42 bits per heavy atom. The minimum absolute atomic E-state index is 0.194. The first-order chi connectivity index (χ1) is 8.88. The van der Waals surface area contributed by atoms with Crippen molar-refractivity contribution in [2.45, 2.75) is 18.9 Å². The summed E-state index contributed by atoms with van der Waals surface area (Å²) in [6.07, 6.45) is 1.07. The Balaban J connectivity index is 2.51. The van der Waals surface area contributed by atoms with Crippen LogP contribution in [0.2, 0.25) is 0 Å². The summed E-state index contributed by atoms with van der Waals surface area (Å²) in [6, 6.07) is -0.483. The number of carbonyl (C=O) groups excluding carboxylic acids is 1. The number of amides is 2. The predicted molar refractivity (Wildman–Crippen MR) is 63.7 cm³/mol. The van der Waals surface area contributed by atoms with Crippen LogP contribution in [-0.2, 0) is 16.6 Å². The summed E-state index contributed by atoms with van der Waals surface area (Å²) >= 11 is 0. The van der Waals surface area contributed by atoms with Gasteiger partial charge in [0.2, 0.25) is 0 Å². The fraction of sp³-hybridized carbons (Fsp3) is 0.400. The first-order valence-electron chi connectivity index (χ1n) is 5.40. The molecule has 1 atom stereocenters. The van der Waals surface area contributed by atoms with E-state index in [2.05, 4.69) is 15.7 Å². The number of carboxylic acid groups (broad SMARTS) is 2. The van der Waals surface area contributed by atoms with Gasteiger partial charge >= 0.3 is 18.0 Å². The lowest BCUT2D eigenvalue weighted by atomic mass is 10.1. The smallest absolute Gasteiger partial charge is 0.326 e. The molecule has 0 fully saturated rings. The monoisotopic (exact) mass is 270 g/mol. The fourth-order valence-corrected chi connectivity index (χ4v) is 1.32. The summed E-state index contributed by atoms with van der Waals surface area (Å²) in [6.45, 7) is 0. The minimum Gasteiger partial charge on any atom is -0.481 e. The van der Waals surface area contributed by atoms with Crippen LogP contribution in [0.5, 0.6) is 0 Å². The Hall–Kier alpha value is -2.58. The molecule has 0 saturated heterocycles. The highest BCUT2D eigenvalue weighted by Crippen LogP contribution is 2.02. The number of hydrogen-bond acceptors (Lipinski definition) is 4. The van der Waals surface area contributed by atoms with E-state index in [9.17, 15) is 14.4 Å². The van der Waals surface area contributed by atoms with E-state index in [1.807, 2.05) is 0 Å². The molecule has 19 heavy (non-hydrogen) atoms. The van der Waals surface area contributed by atoms with Gasteiger partial charge in [0, 0.05) is 25.7 Å². The quantitative estimate of drug-likeness (QED) is 0.568. The third kappa shape index (κ3) is 5.06. The van der Waals surface area contributed by atoms with Gasteiger partial charge in [0.05, 0.1) is 0 Å². The van der Waals surface area contributed by atoms with E-state index in [4.69, 9.17) is 10.2 Å². The van der Waals surface area contributed by atoms with Gasteiger partial charge in [0.25, 0.3) is 0 Å². The Bertz CT molecular complexity index is 484. The standard InChI is InChI=1S/C10H14N4O5/c1-14-5-4-7(13-14)12-10(19)11-6(9(17)18)2-3-8(15)16/h4-6H,2-3H2,1H3,(H,15,16)(H,17,18)(H2,11,12,13,19)/t6-/m0/s1. The van der Waals surface area contributed by atoms with Gasteiger partial charge < -0.3 is 15.5 Å². The summed E-state index contributed by atoms with van der Waals surface area (Å²) in [7, 11) is 1.66. The van der Waals surface area contributed by atoms with E-state index >= 15 is 0 Å². The van der Waals surface area contributed by atoms with Crippen molar-refractivity contribution < 1.29 is 24.6 Å². The molecule has 1 aromatic rings. The van der Waals surface area contributed by atoms with E-state index in [-0.39, 0.29) is 18.7 Å². The maximum Gasteiger partial charge on any atom is 0.326 e. The van der Waals surface area contributed by atoms with Crippen LogP contribution in [-0.4, -0.2) is 44.0 Å². The lowest BCUT2D eigenvalue weighted by Crippen LogP contribution is -2.43. The molecule has 0 radical (unpaired) electrons. The minimum atomic E-state index is -1.29. The second-order valence-electron chi connectivity index (χ2n) is 3.80. The van der Waals surface area contributed by atoms with Crippen molar-refractivity contribution in [3.05, 3.63) is 12.3 Å².